The van der Waals surface area contributed by atoms with Crippen LogP contribution >= 0.6 is 0 Å². The van der Waals surface area contributed by atoms with E-state index in [-0.39, 0.29) is 36.4 Å². The first-order valence-electron chi connectivity index (χ1n) is 8.61. The van der Waals surface area contributed by atoms with Gasteiger partial charge in [0.2, 0.25) is 11.8 Å². The molecule has 0 spiro atoms. The summed E-state index contributed by atoms with van der Waals surface area (Å²) in [6.45, 7) is 2.17. The maximum atomic E-state index is 12.9. The lowest BCUT2D eigenvalue weighted by Gasteiger charge is -2.18. The molecule has 8 heteroatoms. The van der Waals surface area contributed by atoms with Gasteiger partial charge >= 0.3 is 0 Å². The number of non-ortho nitro benzene ring substituents is 1. The average molecular weight is 385 g/mol. The molecule has 2 aromatic rings. The molecule has 146 valence electrons. The minimum absolute atomic E-state index is 0.0675. The predicted molar refractivity (Wildman–Crippen MR) is 103 cm³/mol. The van der Waals surface area contributed by atoms with Gasteiger partial charge in [-0.1, -0.05) is 24.3 Å². The van der Waals surface area contributed by atoms with E-state index in [1.165, 1.54) is 47.4 Å². The standard InChI is InChI=1S/C20H20FN3O4/c1-2-23(14-19(25)22-13-16-6-9-17(21)10-7-16)20(26)11-8-15-4-3-5-18(12-15)24(27)28/h3-12H,2,13-14H2,1H3,(H,22,25). The number of carbonyl (C=O) groups is 2. The number of amides is 2. The molecule has 0 heterocycles. The number of nitro benzene ring substituents is 1. The van der Waals surface area contributed by atoms with Gasteiger partial charge in [0.15, 0.2) is 0 Å². The van der Waals surface area contributed by atoms with Gasteiger partial charge < -0.3 is 10.2 Å². The molecule has 0 bridgehead atoms. The van der Waals surface area contributed by atoms with Crippen LogP contribution in [-0.2, 0) is 16.1 Å². The van der Waals surface area contributed by atoms with Gasteiger partial charge in [-0.25, -0.2) is 4.39 Å². The molecule has 0 aliphatic carbocycles. The lowest BCUT2D eigenvalue weighted by molar-refractivity contribution is -0.384. The van der Waals surface area contributed by atoms with E-state index < -0.39 is 4.92 Å². The van der Waals surface area contributed by atoms with Gasteiger partial charge in [0.1, 0.15) is 5.82 Å². The smallest absolute Gasteiger partial charge is 0.270 e. The number of likely N-dealkylation sites (N-methyl/N-ethyl adjacent to an activating group) is 1. The van der Waals surface area contributed by atoms with Crippen molar-refractivity contribution in [2.24, 2.45) is 0 Å². The van der Waals surface area contributed by atoms with Crippen LogP contribution in [0.1, 0.15) is 18.1 Å². The van der Waals surface area contributed by atoms with E-state index in [9.17, 15) is 24.1 Å². The van der Waals surface area contributed by atoms with Crippen LogP contribution in [0, 0.1) is 15.9 Å². The van der Waals surface area contributed by atoms with E-state index in [1.54, 1.807) is 25.1 Å². The Balaban J connectivity index is 1.91. The van der Waals surface area contributed by atoms with Crippen LogP contribution in [-0.4, -0.2) is 34.7 Å². The summed E-state index contributed by atoms with van der Waals surface area (Å²) in [5, 5.41) is 13.5. The number of nitrogens with zero attached hydrogens (tertiary/aromatic N) is 2. The maximum absolute atomic E-state index is 12.9. The number of benzene rings is 2. The first kappa shape index (κ1) is 20.8. The number of carbonyl (C=O) groups excluding carboxylic acids is 2. The lowest BCUT2D eigenvalue weighted by atomic mass is 10.2. The molecule has 0 atom stereocenters. The number of nitrogens with one attached hydrogen (secondary N) is 1. The lowest BCUT2D eigenvalue weighted by Crippen LogP contribution is -2.39. The largest absolute Gasteiger partial charge is 0.350 e. The van der Waals surface area contributed by atoms with Crippen molar-refractivity contribution < 1.29 is 18.9 Å². The number of halogens is 1. The fourth-order valence-corrected chi connectivity index (χ4v) is 2.39. The van der Waals surface area contributed by atoms with Crippen molar-refractivity contribution in [1.82, 2.24) is 10.2 Å². The highest BCUT2D eigenvalue weighted by molar-refractivity contribution is 5.94. The highest BCUT2D eigenvalue weighted by Gasteiger charge is 2.13. The second-order valence-corrected chi connectivity index (χ2v) is 5.94. The van der Waals surface area contributed by atoms with Crippen LogP contribution in [0.2, 0.25) is 0 Å². The molecular formula is C20H20FN3O4. The topological polar surface area (TPSA) is 92.6 Å². The van der Waals surface area contributed by atoms with E-state index in [2.05, 4.69) is 5.32 Å². The average Bonchev–Trinajstić information content (AvgIpc) is 2.70. The fraction of sp³-hybridized carbons (Fsp3) is 0.200. The van der Waals surface area contributed by atoms with Crippen LogP contribution in [0.5, 0.6) is 0 Å². The van der Waals surface area contributed by atoms with Crippen LogP contribution in [0.15, 0.2) is 54.6 Å². The molecule has 0 aliphatic rings. The van der Waals surface area contributed by atoms with E-state index in [0.29, 0.717) is 12.1 Å². The summed E-state index contributed by atoms with van der Waals surface area (Å²) < 4.78 is 12.9. The van der Waals surface area contributed by atoms with Gasteiger partial charge in [0.05, 0.1) is 11.5 Å². The Morgan fingerprint density at radius 1 is 1.21 bits per heavy atom. The third-order valence-corrected chi connectivity index (χ3v) is 3.93. The van der Waals surface area contributed by atoms with E-state index in [4.69, 9.17) is 0 Å². The Kier molecular flexibility index (Phi) is 7.38. The number of hydrogen-bond donors (Lipinski definition) is 1. The van der Waals surface area contributed by atoms with Gasteiger partial charge in [0.25, 0.3) is 5.69 Å². The van der Waals surface area contributed by atoms with Crippen LogP contribution in [0.4, 0.5) is 10.1 Å². The van der Waals surface area contributed by atoms with Gasteiger partial charge in [-0.15, -0.1) is 0 Å². The normalized spacial score (nSPS) is 10.6. The number of rotatable bonds is 8. The van der Waals surface area contributed by atoms with Crippen molar-refractivity contribution in [2.45, 2.75) is 13.5 Å². The van der Waals surface area contributed by atoms with Crippen LogP contribution < -0.4 is 5.32 Å². The summed E-state index contributed by atoms with van der Waals surface area (Å²) in [4.78, 5) is 36.0. The molecule has 0 fully saturated rings. The van der Waals surface area contributed by atoms with Crippen molar-refractivity contribution in [3.8, 4) is 0 Å². The first-order valence-corrected chi connectivity index (χ1v) is 8.61. The zero-order valence-electron chi connectivity index (χ0n) is 15.3. The third kappa shape index (κ3) is 6.31. The zero-order chi connectivity index (χ0) is 20.5. The molecule has 2 rings (SSSR count). The monoisotopic (exact) mass is 385 g/mol. The Bertz CT molecular complexity index is 881. The molecule has 1 N–H and O–H groups in total. The van der Waals surface area contributed by atoms with E-state index >= 15 is 0 Å². The van der Waals surface area contributed by atoms with Crippen molar-refractivity contribution in [3.63, 3.8) is 0 Å². The van der Waals surface area contributed by atoms with Crippen molar-refractivity contribution in [1.29, 1.82) is 0 Å². The first-order chi connectivity index (χ1) is 13.4. The molecule has 2 aromatic carbocycles. The summed E-state index contributed by atoms with van der Waals surface area (Å²) in [5.74, 6) is -1.08. The molecule has 0 aliphatic heterocycles. The quantitative estimate of drug-likeness (QED) is 0.430. The van der Waals surface area contributed by atoms with E-state index in [0.717, 1.165) is 5.56 Å². The summed E-state index contributed by atoms with van der Waals surface area (Å²) in [6, 6.07) is 11.6. The summed E-state index contributed by atoms with van der Waals surface area (Å²) in [6.07, 6.45) is 2.74. The number of hydrogen-bond acceptors (Lipinski definition) is 4. The van der Waals surface area contributed by atoms with Gasteiger partial charge in [0, 0.05) is 31.3 Å². The molecule has 0 unspecified atom stereocenters. The minimum Gasteiger partial charge on any atom is -0.350 e. The summed E-state index contributed by atoms with van der Waals surface area (Å²) in [7, 11) is 0. The van der Waals surface area contributed by atoms with E-state index in [1.807, 2.05) is 0 Å². The summed E-state index contributed by atoms with van der Waals surface area (Å²) in [5.41, 5.74) is 1.19. The molecule has 0 saturated carbocycles. The Hall–Kier alpha value is -3.55. The third-order valence-electron chi connectivity index (χ3n) is 3.93. The molecule has 2 amide bonds. The molecule has 28 heavy (non-hydrogen) atoms. The molecular weight excluding hydrogens is 365 g/mol. The maximum Gasteiger partial charge on any atom is 0.270 e. The molecule has 0 radical (unpaired) electrons. The Morgan fingerprint density at radius 3 is 2.57 bits per heavy atom. The fourth-order valence-electron chi connectivity index (χ4n) is 2.39. The highest BCUT2D eigenvalue weighted by atomic mass is 19.1. The molecule has 0 aromatic heterocycles. The zero-order valence-corrected chi connectivity index (χ0v) is 15.3. The molecule has 0 saturated heterocycles. The van der Waals surface area contributed by atoms with Crippen molar-refractivity contribution >= 4 is 23.6 Å². The van der Waals surface area contributed by atoms with Crippen molar-refractivity contribution in [3.05, 3.63) is 81.7 Å². The summed E-state index contributed by atoms with van der Waals surface area (Å²) >= 11 is 0. The Morgan fingerprint density at radius 2 is 1.93 bits per heavy atom. The van der Waals surface area contributed by atoms with Crippen molar-refractivity contribution in [2.75, 3.05) is 13.1 Å². The predicted octanol–water partition coefficient (Wildman–Crippen LogP) is 2.91. The second kappa shape index (κ2) is 9.96. The minimum atomic E-state index is -0.511. The van der Waals surface area contributed by atoms with Gasteiger partial charge in [-0.3, -0.25) is 19.7 Å². The van der Waals surface area contributed by atoms with Gasteiger partial charge in [-0.05, 0) is 36.3 Å². The SMILES string of the molecule is CCN(CC(=O)NCc1ccc(F)cc1)C(=O)C=Cc1cccc([N+](=O)[O-])c1. The van der Waals surface area contributed by atoms with Gasteiger partial charge in [-0.2, -0.15) is 0 Å². The van der Waals surface area contributed by atoms with Crippen LogP contribution in [0.25, 0.3) is 6.08 Å². The number of nitro groups is 1. The second-order valence-electron chi connectivity index (χ2n) is 5.94. The Labute approximate surface area is 161 Å². The van der Waals surface area contributed by atoms with Crippen LogP contribution in [0.3, 0.4) is 0 Å². The highest BCUT2D eigenvalue weighted by Crippen LogP contribution is 2.14. The molecule has 7 nitrogen and oxygen atoms in total.